The molecule has 3 nitrogen and oxygen atoms in total. The Morgan fingerprint density at radius 3 is 2.95 bits per heavy atom. The van der Waals surface area contributed by atoms with Crippen molar-refractivity contribution in [2.75, 3.05) is 31.6 Å². The summed E-state index contributed by atoms with van der Waals surface area (Å²) in [7, 11) is 2.27. The maximum absolute atomic E-state index is 4.50. The third-order valence-electron chi connectivity index (χ3n) is 4.46. The zero-order valence-corrected chi connectivity index (χ0v) is 11.7. The van der Waals surface area contributed by atoms with Gasteiger partial charge in [-0.05, 0) is 44.4 Å². The number of rotatable bonds is 2. The Labute approximate surface area is 115 Å². The predicted octanol–water partition coefficient (Wildman–Crippen LogP) is 2.56. The van der Waals surface area contributed by atoms with Gasteiger partial charge < -0.3 is 4.90 Å². The molecule has 2 aliphatic rings. The number of hydrogen-bond acceptors (Lipinski definition) is 3. The predicted molar refractivity (Wildman–Crippen MR) is 79.3 cm³/mol. The molecular formula is C16H23N3. The molecule has 3 rings (SSSR count). The number of likely N-dealkylation sites (N-methyl/N-ethyl adjacent to an activating group) is 1. The topological polar surface area (TPSA) is 19.4 Å². The van der Waals surface area contributed by atoms with Gasteiger partial charge in [0, 0.05) is 31.9 Å². The minimum absolute atomic E-state index is 0.632. The number of pyridine rings is 1. The third-order valence-corrected chi connectivity index (χ3v) is 4.46. The minimum Gasteiger partial charge on any atom is -0.354 e. The third kappa shape index (κ3) is 2.81. The van der Waals surface area contributed by atoms with Crippen LogP contribution in [0.3, 0.4) is 0 Å². The van der Waals surface area contributed by atoms with Crippen LogP contribution in [-0.4, -0.2) is 42.6 Å². The van der Waals surface area contributed by atoms with Gasteiger partial charge in [-0.25, -0.2) is 4.98 Å². The second-order valence-corrected chi connectivity index (χ2v) is 5.70. The van der Waals surface area contributed by atoms with Crippen molar-refractivity contribution in [3.63, 3.8) is 0 Å². The monoisotopic (exact) mass is 257 g/mol. The molecule has 0 amide bonds. The van der Waals surface area contributed by atoms with Crippen LogP contribution >= 0.6 is 0 Å². The molecular weight excluding hydrogens is 234 g/mol. The molecule has 102 valence electrons. The fraction of sp³-hybridized carbons (Fsp3) is 0.562. The van der Waals surface area contributed by atoms with Crippen molar-refractivity contribution in [3.8, 4) is 0 Å². The van der Waals surface area contributed by atoms with Crippen LogP contribution in [0.4, 0.5) is 5.82 Å². The number of allylic oxidation sites excluding steroid dienone is 1. The Morgan fingerprint density at radius 2 is 2.21 bits per heavy atom. The number of aromatic nitrogens is 1. The van der Waals surface area contributed by atoms with Crippen LogP contribution in [0.5, 0.6) is 0 Å². The number of piperazine rings is 1. The average molecular weight is 257 g/mol. The first-order valence-corrected chi connectivity index (χ1v) is 7.37. The van der Waals surface area contributed by atoms with Crippen LogP contribution in [0.1, 0.15) is 19.3 Å². The molecule has 0 saturated carbocycles. The van der Waals surface area contributed by atoms with E-state index in [2.05, 4.69) is 46.1 Å². The summed E-state index contributed by atoms with van der Waals surface area (Å²) >= 11 is 0. The van der Waals surface area contributed by atoms with E-state index in [0.717, 1.165) is 25.5 Å². The quantitative estimate of drug-likeness (QED) is 0.759. The van der Waals surface area contributed by atoms with Gasteiger partial charge in [-0.3, -0.25) is 4.90 Å². The van der Waals surface area contributed by atoms with Gasteiger partial charge in [0.15, 0.2) is 0 Å². The first kappa shape index (κ1) is 12.7. The molecule has 0 N–H and O–H groups in total. The van der Waals surface area contributed by atoms with E-state index in [1.54, 1.807) is 0 Å². The first-order chi connectivity index (χ1) is 9.34. The van der Waals surface area contributed by atoms with Crippen molar-refractivity contribution < 1.29 is 0 Å². The molecule has 2 unspecified atom stereocenters. The van der Waals surface area contributed by atoms with Crippen LogP contribution in [0, 0.1) is 5.92 Å². The van der Waals surface area contributed by atoms with Gasteiger partial charge in [-0.1, -0.05) is 18.2 Å². The van der Waals surface area contributed by atoms with E-state index in [0.29, 0.717) is 12.0 Å². The Kier molecular flexibility index (Phi) is 3.83. The first-order valence-electron chi connectivity index (χ1n) is 7.37. The van der Waals surface area contributed by atoms with Crippen LogP contribution in [-0.2, 0) is 0 Å². The lowest BCUT2D eigenvalue weighted by Gasteiger charge is -2.43. The molecule has 0 radical (unpaired) electrons. The lowest BCUT2D eigenvalue weighted by atomic mass is 9.87. The SMILES string of the molecule is CN1CCN(c2ccccn2)CC1C1C=CCCC1. The fourth-order valence-electron chi connectivity index (χ4n) is 3.27. The average Bonchev–Trinajstić information content (AvgIpc) is 2.49. The molecule has 1 aromatic heterocycles. The summed E-state index contributed by atoms with van der Waals surface area (Å²) in [4.78, 5) is 9.46. The molecule has 0 bridgehead atoms. The van der Waals surface area contributed by atoms with Crippen molar-refractivity contribution in [3.05, 3.63) is 36.5 Å². The minimum atomic E-state index is 0.632. The van der Waals surface area contributed by atoms with Gasteiger partial charge in [0.1, 0.15) is 5.82 Å². The highest BCUT2D eigenvalue weighted by atomic mass is 15.3. The summed E-state index contributed by atoms with van der Waals surface area (Å²) in [6.45, 7) is 3.31. The lowest BCUT2D eigenvalue weighted by molar-refractivity contribution is 0.169. The number of anilines is 1. The van der Waals surface area contributed by atoms with E-state index < -0.39 is 0 Å². The van der Waals surface area contributed by atoms with Crippen molar-refractivity contribution in [2.24, 2.45) is 5.92 Å². The summed E-state index contributed by atoms with van der Waals surface area (Å²) < 4.78 is 0. The Balaban J connectivity index is 1.73. The van der Waals surface area contributed by atoms with Crippen LogP contribution < -0.4 is 4.90 Å². The lowest BCUT2D eigenvalue weighted by Crippen LogP contribution is -2.54. The molecule has 1 fully saturated rings. The van der Waals surface area contributed by atoms with Crippen LogP contribution in [0.2, 0.25) is 0 Å². The summed E-state index contributed by atoms with van der Waals surface area (Å²) in [5, 5.41) is 0. The van der Waals surface area contributed by atoms with Gasteiger partial charge in [0.25, 0.3) is 0 Å². The molecule has 1 aromatic rings. The van der Waals surface area contributed by atoms with Crippen molar-refractivity contribution >= 4 is 5.82 Å². The molecule has 0 aromatic carbocycles. The molecule has 2 heterocycles. The van der Waals surface area contributed by atoms with Gasteiger partial charge in [0.05, 0.1) is 0 Å². The fourth-order valence-corrected chi connectivity index (χ4v) is 3.27. The largest absolute Gasteiger partial charge is 0.354 e. The number of hydrogen-bond donors (Lipinski definition) is 0. The van der Waals surface area contributed by atoms with E-state index in [1.807, 2.05) is 12.3 Å². The second kappa shape index (κ2) is 5.74. The standard InChI is InChI=1S/C16H23N3/c1-18-11-12-19(16-9-5-6-10-17-16)13-15(18)14-7-3-2-4-8-14/h3,5-7,9-10,14-15H,2,4,8,11-13H2,1H3. The van der Waals surface area contributed by atoms with Crippen molar-refractivity contribution in [1.82, 2.24) is 9.88 Å². The zero-order chi connectivity index (χ0) is 13.1. The molecule has 1 aliphatic carbocycles. The number of nitrogens with zero attached hydrogens (tertiary/aromatic N) is 3. The summed E-state index contributed by atoms with van der Waals surface area (Å²) in [6.07, 6.45) is 10.6. The molecule has 0 spiro atoms. The maximum atomic E-state index is 4.50. The molecule has 3 heteroatoms. The molecule has 2 atom stereocenters. The Hall–Kier alpha value is -1.35. The van der Waals surface area contributed by atoms with Crippen molar-refractivity contribution in [1.29, 1.82) is 0 Å². The van der Waals surface area contributed by atoms with E-state index in [-0.39, 0.29) is 0 Å². The normalized spacial score (nSPS) is 28.6. The Bertz CT molecular complexity index is 429. The van der Waals surface area contributed by atoms with E-state index >= 15 is 0 Å². The summed E-state index contributed by atoms with van der Waals surface area (Å²) in [6, 6.07) is 6.82. The molecule has 1 aliphatic heterocycles. The molecule has 19 heavy (non-hydrogen) atoms. The highest BCUT2D eigenvalue weighted by Gasteiger charge is 2.30. The maximum Gasteiger partial charge on any atom is 0.128 e. The van der Waals surface area contributed by atoms with E-state index in [1.165, 1.54) is 19.3 Å². The van der Waals surface area contributed by atoms with E-state index in [4.69, 9.17) is 0 Å². The summed E-state index contributed by atoms with van der Waals surface area (Å²) in [5.74, 6) is 1.84. The molecule has 1 saturated heterocycles. The smallest absolute Gasteiger partial charge is 0.128 e. The van der Waals surface area contributed by atoms with Crippen LogP contribution in [0.25, 0.3) is 0 Å². The highest BCUT2D eigenvalue weighted by Crippen LogP contribution is 2.27. The van der Waals surface area contributed by atoms with E-state index in [9.17, 15) is 0 Å². The van der Waals surface area contributed by atoms with Gasteiger partial charge in [-0.2, -0.15) is 0 Å². The Morgan fingerprint density at radius 1 is 1.26 bits per heavy atom. The summed E-state index contributed by atoms with van der Waals surface area (Å²) in [5.41, 5.74) is 0. The van der Waals surface area contributed by atoms with Gasteiger partial charge >= 0.3 is 0 Å². The zero-order valence-electron chi connectivity index (χ0n) is 11.7. The highest BCUT2D eigenvalue weighted by molar-refractivity contribution is 5.38. The van der Waals surface area contributed by atoms with Gasteiger partial charge in [0.2, 0.25) is 0 Å². The van der Waals surface area contributed by atoms with Crippen LogP contribution in [0.15, 0.2) is 36.5 Å². The second-order valence-electron chi connectivity index (χ2n) is 5.70. The van der Waals surface area contributed by atoms with Crippen molar-refractivity contribution in [2.45, 2.75) is 25.3 Å². The van der Waals surface area contributed by atoms with Gasteiger partial charge in [-0.15, -0.1) is 0 Å².